The Hall–Kier alpha value is -1.84. The first-order chi connectivity index (χ1) is 12.8. The van der Waals surface area contributed by atoms with Crippen molar-refractivity contribution in [2.45, 2.75) is 64.5 Å². The Morgan fingerprint density at radius 1 is 0.889 bits per heavy atom. The van der Waals surface area contributed by atoms with Crippen molar-refractivity contribution < 1.29 is 9.31 Å². The van der Waals surface area contributed by atoms with Crippen LogP contribution in [0.5, 0.6) is 0 Å². The van der Waals surface area contributed by atoms with Crippen LogP contribution in [0.3, 0.4) is 0 Å². The lowest BCUT2D eigenvalue weighted by Crippen LogP contribution is -2.41. The molecule has 0 bridgehead atoms. The summed E-state index contributed by atoms with van der Waals surface area (Å²) in [6.45, 7) is 10.7. The van der Waals surface area contributed by atoms with Crippen LogP contribution < -0.4 is 0 Å². The van der Waals surface area contributed by atoms with Gasteiger partial charge in [-0.1, -0.05) is 66.7 Å². The van der Waals surface area contributed by atoms with Crippen molar-refractivity contribution in [3.63, 3.8) is 0 Å². The summed E-state index contributed by atoms with van der Waals surface area (Å²) in [7, 11) is -0.176. The third-order valence-corrected chi connectivity index (χ3v) is 5.94. The summed E-state index contributed by atoms with van der Waals surface area (Å²) >= 11 is 0. The van der Waals surface area contributed by atoms with E-state index >= 15 is 0 Å². The van der Waals surface area contributed by atoms with Crippen molar-refractivity contribution in [2.75, 3.05) is 0 Å². The van der Waals surface area contributed by atoms with Gasteiger partial charge in [-0.25, -0.2) is 0 Å². The van der Waals surface area contributed by atoms with E-state index in [4.69, 9.17) is 9.31 Å². The van der Waals surface area contributed by atoms with Gasteiger partial charge in [0.25, 0.3) is 0 Å². The first-order valence-electron chi connectivity index (χ1n) is 9.91. The second-order valence-electron chi connectivity index (χ2n) is 8.52. The van der Waals surface area contributed by atoms with Crippen LogP contribution in [-0.2, 0) is 9.31 Å². The molecule has 3 heteroatoms. The van der Waals surface area contributed by atoms with Crippen LogP contribution in [0.4, 0.5) is 0 Å². The van der Waals surface area contributed by atoms with Crippen molar-refractivity contribution in [1.82, 2.24) is 0 Å². The van der Waals surface area contributed by atoms with E-state index in [-0.39, 0.29) is 18.3 Å². The molecule has 0 radical (unpaired) electrons. The molecule has 2 nitrogen and oxygen atoms in total. The Kier molecular flexibility index (Phi) is 5.93. The van der Waals surface area contributed by atoms with E-state index in [0.29, 0.717) is 5.92 Å². The predicted octanol–water partition coefficient (Wildman–Crippen LogP) is 6.27. The maximum absolute atomic E-state index is 6.27. The van der Waals surface area contributed by atoms with Gasteiger partial charge in [-0.05, 0) is 70.0 Å². The van der Waals surface area contributed by atoms with Gasteiger partial charge in [-0.15, -0.1) is 0 Å². The lowest BCUT2D eigenvalue weighted by atomic mass is 9.72. The summed E-state index contributed by atoms with van der Waals surface area (Å²) < 4.78 is 12.5. The molecule has 0 aliphatic carbocycles. The van der Waals surface area contributed by atoms with Crippen molar-refractivity contribution in [2.24, 2.45) is 0 Å². The Balaban J connectivity index is 1.77. The summed E-state index contributed by atoms with van der Waals surface area (Å²) in [4.78, 5) is 0. The zero-order chi connectivity index (χ0) is 19.5. The van der Waals surface area contributed by atoms with E-state index < -0.39 is 0 Å². The van der Waals surface area contributed by atoms with Gasteiger partial charge in [0.05, 0.1) is 11.2 Å². The highest BCUT2D eigenvalue weighted by atomic mass is 16.7. The van der Waals surface area contributed by atoms with Crippen molar-refractivity contribution >= 4 is 13.2 Å². The molecular weight excluding hydrogens is 331 g/mol. The minimum atomic E-state index is -0.284. The van der Waals surface area contributed by atoms with Crippen LogP contribution in [0.1, 0.15) is 56.7 Å². The zero-order valence-electron chi connectivity index (χ0n) is 17.2. The molecule has 2 aromatic carbocycles. The monoisotopic (exact) mass is 362 g/mol. The normalized spacial score (nSPS) is 19.5. The fourth-order valence-electron chi connectivity index (χ4n) is 3.62. The highest BCUT2D eigenvalue weighted by Gasteiger charge is 2.51. The average Bonchev–Trinajstić information content (AvgIpc) is 2.82. The molecule has 3 rings (SSSR count). The van der Waals surface area contributed by atoms with Crippen LogP contribution in [0.25, 0.3) is 6.08 Å². The van der Waals surface area contributed by atoms with E-state index in [0.717, 1.165) is 12.7 Å². The summed E-state index contributed by atoms with van der Waals surface area (Å²) in [5.41, 5.74) is 3.37. The quantitative estimate of drug-likeness (QED) is 0.564. The van der Waals surface area contributed by atoms with Crippen LogP contribution in [0.15, 0.2) is 60.7 Å². The van der Waals surface area contributed by atoms with E-state index in [9.17, 15) is 0 Å². The van der Waals surface area contributed by atoms with E-state index in [1.54, 1.807) is 0 Å². The lowest BCUT2D eigenvalue weighted by molar-refractivity contribution is 0.00578. The third kappa shape index (κ3) is 4.72. The molecule has 0 unspecified atom stereocenters. The summed E-state index contributed by atoms with van der Waals surface area (Å²) in [6.07, 6.45) is 6.30. The molecule has 1 saturated heterocycles. The Morgan fingerprint density at radius 3 is 2.11 bits per heavy atom. The van der Waals surface area contributed by atoms with Crippen molar-refractivity contribution in [1.29, 1.82) is 0 Å². The number of benzene rings is 2. The molecule has 1 aliphatic heterocycles. The molecule has 1 atom stereocenters. The highest BCUT2D eigenvalue weighted by molar-refractivity contribution is 6.45. The first-order valence-corrected chi connectivity index (χ1v) is 9.91. The van der Waals surface area contributed by atoms with E-state index in [1.165, 1.54) is 16.7 Å². The topological polar surface area (TPSA) is 18.5 Å². The van der Waals surface area contributed by atoms with Crippen LogP contribution >= 0.6 is 0 Å². The largest absolute Gasteiger partial charge is 0.458 e. The van der Waals surface area contributed by atoms with Gasteiger partial charge in [0.15, 0.2) is 0 Å². The van der Waals surface area contributed by atoms with Gasteiger partial charge in [0.2, 0.25) is 0 Å². The van der Waals surface area contributed by atoms with Gasteiger partial charge < -0.3 is 9.31 Å². The van der Waals surface area contributed by atoms with Crippen LogP contribution in [0.2, 0.25) is 6.32 Å². The fraction of sp³-hybridized carbons (Fsp3) is 0.417. The molecular formula is C24H31BO2. The number of rotatable bonds is 6. The van der Waals surface area contributed by atoms with Gasteiger partial charge >= 0.3 is 7.12 Å². The van der Waals surface area contributed by atoms with E-state index in [1.807, 2.05) is 6.07 Å². The number of allylic oxidation sites excluding steroid dienone is 1. The lowest BCUT2D eigenvalue weighted by Gasteiger charge is -2.32. The van der Waals surface area contributed by atoms with Gasteiger partial charge in [-0.2, -0.15) is 0 Å². The van der Waals surface area contributed by atoms with Crippen molar-refractivity contribution in [3.8, 4) is 0 Å². The molecule has 142 valence electrons. The average molecular weight is 362 g/mol. The molecule has 0 spiro atoms. The number of hydrogen-bond acceptors (Lipinski definition) is 2. The third-order valence-electron chi connectivity index (χ3n) is 5.94. The summed E-state index contributed by atoms with van der Waals surface area (Å²) in [5.74, 6) is 0.362. The zero-order valence-corrected chi connectivity index (χ0v) is 17.2. The Labute approximate surface area is 164 Å². The summed E-state index contributed by atoms with van der Waals surface area (Å²) in [6, 6.07) is 19.1. The van der Waals surface area contributed by atoms with Crippen LogP contribution in [0, 0.1) is 6.92 Å². The second-order valence-corrected chi connectivity index (χ2v) is 8.52. The minimum Gasteiger partial charge on any atom is -0.403 e. The minimum absolute atomic E-state index is 0.176. The SMILES string of the molecule is Cc1ccccc1[C@H](C/C=C/c1ccccc1)CB1OC(C)(C)C(C)(C)O1. The Morgan fingerprint density at radius 2 is 1.48 bits per heavy atom. The van der Waals surface area contributed by atoms with E-state index in [2.05, 4.69) is 95.3 Å². The molecule has 2 aromatic rings. The summed E-state index contributed by atoms with van der Waals surface area (Å²) in [5, 5.41) is 0. The highest BCUT2D eigenvalue weighted by Crippen LogP contribution is 2.40. The molecule has 1 aliphatic rings. The molecule has 1 fully saturated rings. The van der Waals surface area contributed by atoms with Gasteiger partial charge in [-0.3, -0.25) is 0 Å². The fourth-order valence-corrected chi connectivity index (χ4v) is 3.62. The van der Waals surface area contributed by atoms with Gasteiger partial charge in [0, 0.05) is 0 Å². The molecule has 0 N–H and O–H groups in total. The van der Waals surface area contributed by atoms with Crippen molar-refractivity contribution in [3.05, 3.63) is 77.4 Å². The smallest absolute Gasteiger partial charge is 0.403 e. The number of aryl methyl sites for hydroxylation is 1. The van der Waals surface area contributed by atoms with Crippen LogP contribution in [-0.4, -0.2) is 18.3 Å². The standard InChI is InChI=1S/C24H31BO2/c1-19-12-9-10-17-22(19)21(16-11-15-20-13-7-6-8-14-20)18-25-26-23(2,3)24(4,5)27-25/h6-15,17,21H,16,18H2,1-5H3/b15-11+/t21-/m1/s1. The molecule has 1 heterocycles. The maximum atomic E-state index is 6.27. The second kappa shape index (κ2) is 8.04. The molecule has 0 amide bonds. The van der Waals surface area contributed by atoms with Gasteiger partial charge in [0.1, 0.15) is 0 Å². The molecule has 27 heavy (non-hydrogen) atoms. The molecule has 0 aromatic heterocycles. The first kappa shape index (κ1) is 19.9. The predicted molar refractivity (Wildman–Crippen MR) is 115 cm³/mol. The molecule has 0 saturated carbocycles. The Bertz CT molecular complexity index is 764. The number of hydrogen-bond donors (Lipinski definition) is 0. The maximum Gasteiger partial charge on any atom is 0.458 e.